The molecule has 2 rings (SSSR count). The lowest BCUT2D eigenvalue weighted by Gasteiger charge is -2.40. The summed E-state index contributed by atoms with van der Waals surface area (Å²) in [7, 11) is 0. The van der Waals surface area contributed by atoms with E-state index in [1.54, 1.807) is 0 Å². The van der Waals surface area contributed by atoms with Crippen LogP contribution in [0.5, 0.6) is 0 Å². The van der Waals surface area contributed by atoms with Gasteiger partial charge in [-0.15, -0.1) is 0 Å². The van der Waals surface area contributed by atoms with Crippen LogP contribution in [0.25, 0.3) is 0 Å². The molecule has 5 heteroatoms. The molecule has 1 amide bonds. The molecule has 0 saturated carbocycles. The van der Waals surface area contributed by atoms with Crippen LogP contribution in [0.1, 0.15) is 52.4 Å². The van der Waals surface area contributed by atoms with Gasteiger partial charge in [0.2, 0.25) is 0 Å². The molecular formula is C16H25NO4. The Labute approximate surface area is 125 Å². The van der Waals surface area contributed by atoms with E-state index in [-0.39, 0.29) is 5.57 Å². The first-order valence-corrected chi connectivity index (χ1v) is 7.71. The predicted octanol–water partition coefficient (Wildman–Crippen LogP) is 1.76. The van der Waals surface area contributed by atoms with Crippen molar-refractivity contribution in [2.75, 3.05) is 0 Å². The molecular weight excluding hydrogens is 270 g/mol. The van der Waals surface area contributed by atoms with E-state index < -0.39 is 23.7 Å². The van der Waals surface area contributed by atoms with Crippen molar-refractivity contribution in [1.82, 2.24) is 5.32 Å². The molecule has 2 heterocycles. The Morgan fingerprint density at radius 2 is 2.00 bits per heavy atom. The van der Waals surface area contributed by atoms with Crippen LogP contribution < -0.4 is 5.32 Å². The highest BCUT2D eigenvalue weighted by Crippen LogP contribution is 2.39. The van der Waals surface area contributed by atoms with Crippen molar-refractivity contribution in [3.05, 3.63) is 23.6 Å². The van der Waals surface area contributed by atoms with E-state index in [2.05, 4.69) is 18.8 Å². The number of aliphatic hydroxyl groups excluding tert-OH is 1. The molecule has 0 aromatic heterocycles. The van der Waals surface area contributed by atoms with Crippen molar-refractivity contribution < 1.29 is 19.7 Å². The number of aliphatic hydroxyl groups is 2. The molecule has 21 heavy (non-hydrogen) atoms. The van der Waals surface area contributed by atoms with Gasteiger partial charge < -0.3 is 20.3 Å². The van der Waals surface area contributed by atoms with E-state index in [1.165, 1.54) is 19.8 Å². The second-order valence-electron chi connectivity index (χ2n) is 6.11. The zero-order valence-corrected chi connectivity index (χ0v) is 12.8. The van der Waals surface area contributed by atoms with Crippen LogP contribution >= 0.6 is 0 Å². The molecule has 3 N–H and O–H groups in total. The van der Waals surface area contributed by atoms with Crippen LogP contribution in [0, 0.1) is 0 Å². The summed E-state index contributed by atoms with van der Waals surface area (Å²) in [6, 6.07) is 0. The summed E-state index contributed by atoms with van der Waals surface area (Å²) in [5, 5.41) is 23.4. The number of rotatable bonds is 6. The van der Waals surface area contributed by atoms with Crippen LogP contribution in [-0.4, -0.2) is 33.9 Å². The molecule has 0 spiro atoms. The second kappa shape index (κ2) is 6.20. The average Bonchev–Trinajstić information content (AvgIpc) is 2.69. The molecule has 0 fully saturated rings. The highest BCUT2D eigenvalue weighted by atomic mass is 16.5. The molecule has 0 unspecified atom stereocenters. The Morgan fingerprint density at radius 3 is 2.67 bits per heavy atom. The zero-order chi connectivity index (χ0) is 15.6. The van der Waals surface area contributed by atoms with Crippen molar-refractivity contribution in [2.45, 2.75) is 70.2 Å². The Balaban J connectivity index is 2.05. The number of ether oxygens (including phenoxy) is 1. The summed E-state index contributed by atoms with van der Waals surface area (Å²) >= 11 is 0. The number of hydrogen-bond acceptors (Lipinski definition) is 4. The van der Waals surface area contributed by atoms with E-state index in [4.69, 9.17) is 4.74 Å². The molecule has 0 radical (unpaired) electrons. The number of hydrogen-bond donors (Lipinski definition) is 3. The fraction of sp³-hybridized carbons (Fsp3) is 0.688. The Hall–Kier alpha value is -1.33. The molecule has 2 aliphatic heterocycles. The third-order valence-electron chi connectivity index (χ3n) is 4.34. The summed E-state index contributed by atoms with van der Waals surface area (Å²) in [5.41, 5.74) is -1.02. The first kappa shape index (κ1) is 16.0. The van der Waals surface area contributed by atoms with Gasteiger partial charge in [0.25, 0.3) is 5.91 Å². The van der Waals surface area contributed by atoms with Crippen LogP contribution in [0.2, 0.25) is 0 Å². The minimum Gasteiger partial charge on any atom is -0.485 e. The standard InChI is InChI=1S/C16H25NO4/c1-4-5-6-7-8-9-11-16(3,20)14(18)12-13(21-11)10(2)17-15(12)19/h11,14,18,20H,2,4-9H2,1,3H3,(H,17,19)/t11-,14-,16-/m0/s1. The molecule has 3 atom stereocenters. The van der Waals surface area contributed by atoms with Gasteiger partial charge in [-0.05, 0) is 19.8 Å². The maximum Gasteiger partial charge on any atom is 0.258 e. The topological polar surface area (TPSA) is 78.8 Å². The van der Waals surface area contributed by atoms with Gasteiger partial charge in [0.05, 0.1) is 11.3 Å². The fourth-order valence-electron chi connectivity index (χ4n) is 2.92. The lowest BCUT2D eigenvalue weighted by Crippen LogP contribution is -2.55. The quantitative estimate of drug-likeness (QED) is 0.652. The van der Waals surface area contributed by atoms with Gasteiger partial charge in [0.1, 0.15) is 17.8 Å². The molecule has 2 aliphatic rings. The normalized spacial score (nSPS) is 32.0. The summed E-state index contributed by atoms with van der Waals surface area (Å²) < 4.78 is 5.77. The lowest BCUT2D eigenvalue weighted by molar-refractivity contribution is -0.151. The van der Waals surface area contributed by atoms with Crippen LogP contribution in [0.3, 0.4) is 0 Å². The number of carbonyl (C=O) groups excluding carboxylic acids is 1. The molecule has 0 aromatic carbocycles. The van der Waals surface area contributed by atoms with Crippen molar-refractivity contribution in [1.29, 1.82) is 0 Å². The minimum atomic E-state index is -1.47. The highest BCUT2D eigenvalue weighted by Gasteiger charge is 2.51. The van der Waals surface area contributed by atoms with Crippen molar-refractivity contribution in [3.63, 3.8) is 0 Å². The summed E-state index contributed by atoms with van der Waals surface area (Å²) in [6.45, 7) is 7.40. The molecule has 0 saturated heterocycles. The van der Waals surface area contributed by atoms with E-state index in [0.717, 1.165) is 19.3 Å². The Morgan fingerprint density at radius 1 is 1.33 bits per heavy atom. The first-order valence-electron chi connectivity index (χ1n) is 7.71. The van der Waals surface area contributed by atoms with Crippen molar-refractivity contribution in [2.24, 2.45) is 0 Å². The van der Waals surface area contributed by atoms with Crippen molar-refractivity contribution >= 4 is 5.91 Å². The van der Waals surface area contributed by atoms with Gasteiger partial charge in [-0.2, -0.15) is 0 Å². The molecule has 5 nitrogen and oxygen atoms in total. The van der Waals surface area contributed by atoms with Crippen LogP contribution in [-0.2, 0) is 9.53 Å². The lowest BCUT2D eigenvalue weighted by atomic mass is 9.82. The number of amides is 1. The average molecular weight is 295 g/mol. The molecule has 118 valence electrons. The van der Waals surface area contributed by atoms with Gasteiger partial charge in [0.15, 0.2) is 5.76 Å². The fourth-order valence-corrected chi connectivity index (χ4v) is 2.92. The Kier molecular flexibility index (Phi) is 4.74. The number of carbonyl (C=O) groups is 1. The molecule has 0 bridgehead atoms. The minimum absolute atomic E-state index is 0.0900. The summed E-state index contributed by atoms with van der Waals surface area (Å²) in [6.07, 6.45) is 4.41. The smallest absolute Gasteiger partial charge is 0.258 e. The maximum atomic E-state index is 11.8. The first-order chi connectivity index (χ1) is 9.89. The van der Waals surface area contributed by atoms with E-state index >= 15 is 0 Å². The van der Waals surface area contributed by atoms with Gasteiger partial charge >= 0.3 is 0 Å². The van der Waals surface area contributed by atoms with Crippen LogP contribution in [0.15, 0.2) is 23.6 Å². The number of unbranched alkanes of at least 4 members (excludes halogenated alkanes) is 4. The van der Waals surface area contributed by atoms with Gasteiger partial charge in [-0.1, -0.05) is 39.2 Å². The Bertz CT molecular complexity index is 467. The summed E-state index contributed by atoms with van der Waals surface area (Å²) in [4.78, 5) is 11.8. The third-order valence-corrected chi connectivity index (χ3v) is 4.34. The van der Waals surface area contributed by atoms with Gasteiger partial charge in [0, 0.05) is 0 Å². The van der Waals surface area contributed by atoms with Crippen molar-refractivity contribution in [3.8, 4) is 0 Å². The predicted molar refractivity (Wildman–Crippen MR) is 79.2 cm³/mol. The zero-order valence-electron chi connectivity index (χ0n) is 12.8. The monoisotopic (exact) mass is 295 g/mol. The van der Waals surface area contributed by atoms with E-state index in [1.807, 2.05) is 0 Å². The van der Waals surface area contributed by atoms with Gasteiger partial charge in [-0.25, -0.2) is 0 Å². The van der Waals surface area contributed by atoms with Crippen LogP contribution in [0.4, 0.5) is 0 Å². The van der Waals surface area contributed by atoms with Gasteiger partial charge in [-0.3, -0.25) is 4.79 Å². The molecule has 0 aliphatic carbocycles. The SMILES string of the molecule is C=C1NC(=O)C2=C1O[C@@H](CCCCCCC)[C@](C)(O)[C@H]2O. The van der Waals surface area contributed by atoms with E-state index in [9.17, 15) is 15.0 Å². The maximum absolute atomic E-state index is 11.8. The summed E-state index contributed by atoms with van der Waals surface area (Å²) in [5.74, 6) is -0.137. The van der Waals surface area contributed by atoms with E-state index in [0.29, 0.717) is 17.9 Å². The largest absolute Gasteiger partial charge is 0.485 e. The third kappa shape index (κ3) is 2.99. The molecule has 0 aromatic rings. The second-order valence-corrected chi connectivity index (χ2v) is 6.11. The number of nitrogens with one attached hydrogen (secondary N) is 1. The highest BCUT2D eigenvalue weighted by molar-refractivity contribution is 6.01.